The number of benzene rings is 2. The summed E-state index contributed by atoms with van der Waals surface area (Å²) in [5.41, 5.74) is 4.60. The Morgan fingerprint density at radius 1 is 1.13 bits per heavy atom. The first-order valence-electron chi connectivity index (χ1n) is 15.3. The normalized spacial score (nSPS) is 18.1. The molecular formula is C32H26ClF6N9O3S. The zero-order valence-corrected chi connectivity index (χ0v) is 28.5. The van der Waals surface area contributed by atoms with Crippen molar-refractivity contribution in [2.45, 2.75) is 37.3 Å². The number of nitrogens with one attached hydrogen (secondary N) is 2. The molecule has 0 aliphatic heterocycles. The van der Waals surface area contributed by atoms with Gasteiger partial charge in [-0.15, -0.1) is 0 Å². The molecule has 2 aliphatic carbocycles. The molecule has 2 aliphatic rings. The van der Waals surface area contributed by atoms with E-state index in [-0.39, 0.29) is 67.6 Å². The van der Waals surface area contributed by atoms with Crippen molar-refractivity contribution >= 4 is 50.1 Å². The van der Waals surface area contributed by atoms with Crippen LogP contribution in [0.4, 0.5) is 38.0 Å². The number of aryl methyl sites for hydroxylation is 1. The quantitative estimate of drug-likeness (QED) is 0.124. The molecule has 3 aromatic heterocycles. The van der Waals surface area contributed by atoms with E-state index in [4.69, 9.17) is 17.3 Å². The molecule has 1 unspecified atom stereocenters. The van der Waals surface area contributed by atoms with Crippen molar-refractivity contribution in [3.63, 3.8) is 0 Å². The van der Waals surface area contributed by atoms with Crippen LogP contribution in [0.2, 0.25) is 5.02 Å². The molecule has 52 heavy (non-hydrogen) atoms. The van der Waals surface area contributed by atoms with Crippen LogP contribution in [0.3, 0.4) is 0 Å². The van der Waals surface area contributed by atoms with Gasteiger partial charge in [-0.2, -0.15) is 19.0 Å². The van der Waals surface area contributed by atoms with Gasteiger partial charge in [-0.25, -0.2) is 31.0 Å². The van der Waals surface area contributed by atoms with Gasteiger partial charge in [-0.3, -0.25) is 23.9 Å². The largest absolute Gasteiger partial charge is 0.382 e. The van der Waals surface area contributed by atoms with E-state index in [9.17, 15) is 30.8 Å². The van der Waals surface area contributed by atoms with Gasteiger partial charge in [0.05, 0.1) is 51.7 Å². The number of nitrogens with two attached hydrogens (primary N) is 1. The third-order valence-corrected chi connectivity index (χ3v) is 9.76. The number of rotatable bonds is 10. The van der Waals surface area contributed by atoms with Crippen LogP contribution in [0, 0.1) is 17.6 Å². The third kappa shape index (κ3) is 6.00. The molecule has 0 radical (unpaired) electrons. The zero-order valence-electron chi connectivity index (χ0n) is 26.9. The maximum Gasteiger partial charge on any atom is 0.297 e. The lowest BCUT2D eigenvalue weighted by Gasteiger charge is -2.22. The molecule has 2 aromatic carbocycles. The summed E-state index contributed by atoms with van der Waals surface area (Å²) >= 11 is 6.49. The van der Waals surface area contributed by atoms with E-state index < -0.39 is 75.7 Å². The molecule has 1 amide bonds. The van der Waals surface area contributed by atoms with Crippen molar-refractivity contribution in [1.29, 1.82) is 0 Å². The van der Waals surface area contributed by atoms with Crippen molar-refractivity contribution in [2.75, 3.05) is 16.7 Å². The van der Waals surface area contributed by atoms with Crippen LogP contribution < -0.4 is 15.8 Å². The van der Waals surface area contributed by atoms with Crippen molar-refractivity contribution < 1.29 is 39.6 Å². The Bertz CT molecular complexity index is 2430. The Kier molecular flexibility index (Phi) is 8.28. The number of allylic oxidation sites excluding steroid dienone is 1. The van der Waals surface area contributed by atoms with Crippen LogP contribution in [-0.4, -0.2) is 50.1 Å². The van der Waals surface area contributed by atoms with Gasteiger partial charge in [0.25, 0.3) is 12.3 Å². The van der Waals surface area contributed by atoms with Crippen molar-refractivity contribution in [2.24, 2.45) is 13.0 Å². The molecule has 1 fully saturated rings. The van der Waals surface area contributed by atoms with Crippen molar-refractivity contribution in [3.8, 4) is 11.3 Å². The van der Waals surface area contributed by atoms with Crippen LogP contribution in [0.25, 0.3) is 22.2 Å². The number of alkyl halides is 4. The van der Waals surface area contributed by atoms with E-state index in [0.717, 1.165) is 24.6 Å². The summed E-state index contributed by atoms with van der Waals surface area (Å²) in [6.07, 6.45) is -1.48. The molecule has 272 valence electrons. The highest BCUT2D eigenvalue weighted by atomic mass is 35.5. The van der Waals surface area contributed by atoms with E-state index in [1.54, 1.807) is 0 Å². The number of nitrogens with zero attached hydrogens (tertiary/aromatic N) is 6. The number of sulfonamides is 1. The standard InChI is InChI=1S/C32H26ClF6N9O3S/c1-12-21-23-27(30(36)37)44-48(29(23)32(38,39)24(12)21)11-20(49)42-18(8-13-6-14(34)9-15(35)7-13)26-25(43-19(40)10-41-26)16-4-5-17(33)22-28(16)47(2)45-31(22)46-52(3,50)51/h4-7,9-10,18,21,24,30H,1,8,11H2,2-3H3,(H2,40,43)(H,42,49)(H,45,46)/t18?,21-,24-/m1/s1. The topological polar surface area (TPSA) is 163 Å². The lowest BCUT2D eigenvalue weighted by Crippen LogP contribution is -2.35. The molecule has 3 atom stereocenters. The van der Waals surface area contributed by atoms with Crippen molar-refractivity contribution in [1.82, 2.24) is 34.8 Å². The zero-order chi connectivity index (χ0) is 37.6. The number of nitrogen functional groups attached to an aromatic ring is 1. The van der Waals surface area contributed by atoms with Gasteiger partial charge >= 0.3 is 0 Å². The predicted molar refractivity (Wildman–Crippen MR) is 177 cm³/mol. The van der Waals surface area contributed by atoms with E-state index in [2.05, 4.69) is 36.8 Å². The molecule has 0 spiro atoms. The maximum atomic E-state index is 15.4. The molecular weight excluding hydrogens is 740 g/mol. The first-order valence-corrected chi connectivity index (χ1v) is 17.6. The Morgan fingerprint density at radius 2 is 1.83 bits per heavy atom. The lowest BCUT2D eigenvalue weighted by atomic mass is 9.97. The van der Waals surface area contributed by atoms with E-state index in [0.29, 0.717) is 10.7 Å². The second-order valence-corrected chi connectivity index (χ2v) is 14.7. The lowest BCUT2D eigenvalue weighted by molar-refractivity contribution is -0.122. The van der Waals surface area contributed by atoms with E-state index >= 15 is 8.78 Å². The minimum Gasteiger partial charge on any atom is -0.382 e. The minimum atomic E-state index is -3.82. The summed E-state index contributed by atoms with van der Waals surface area (Å²) in [5.74, 6) is -9.07. The molecule has 20 heteroatoms. The fourth-order valence-corrected chi connectivity index (χ4v) is 7.66. The summed E-state index contributed by atoms with van der Waals surface area (Å²) in [5, 5.41) is 10.8. The first kappa shape index (κ1) is 35.2. The fourth-order valence-electron chi connectivity index (χ4n) is 6.92. The van der Waals surface area contributed by atoms with E-state index in [1.165, 1.54) is 23.9 Å². The smallest absolute Gasteiger partial charge is 0.297 e. The number of carbonyl (C=O) groups is 1. The highest BCUT2D eigenvalue weighted by Gasteiger charge is 2.70. The Morgan fingerprint density at radius 3 is 2.48 bits per heavy atom. The Hall–Kier alpha value is -5.17. The average molecular weight is 766 g/mol. The van der Waals surface area contributed by atoms with Gasteiger partial charge in [0.15, 0.2) is 5.82 Å². The third-order valence-electron chi connectivity index (χ3n) is 8.88. The van der Waals surface area contributed by atoms with Crippen LogP contribution in [-0.2, 0) is 40.8 Å². The number of aromatic nitrogens is 6. The summed E-state index contributed by atoms with van der Waals surface area (Å²) in [6.45, 7) is 2.63. The van der Waals surface area contributed by atoms with Crippen LogP contribution in [0.1, 0.15) is 46.6 Å². The van der Waals surface area contributed by atoms with Gasteiger partial charge in [-0.1, -0.05) is 23.8 Å². The SMILES string of the molecule is C=C1[C@@H]2c3c(C(F)F)nn(CC(=O)NC(Cc4cc(F)cc(F)c4)c4ncc(N)nc4-c4ccc(Cl)c5c(NS(C)(=O)=O)nn(C)c45)c3C(F)(F)[C@H]12. The van der Waals surface area contributed by atoms with Crippen LogP contribution >= 0.6 is 11.6 Å². The molecule has 0 saturated heterocycles. The van der Waals surface area contributed by atoms with Gasteiger partial charge in [0.2, 0.25) is 15.9 Å². The number of carbonyl (C=O) groups excluding carboxylic acids is 1. The Balaban J connectivity index is 1.33. The second-order valence-electron chi connectivity index (χ2n) is 12.6. The number of hydrogen-bond donors (Lipinski definition) is 3. The maximum absolute atomic E-state index is 15.4. The highest BCUT2D eigenvalue weighted by molar-refractivity contribution is 7.92. The van der Waals surface area contributed by atoms with E-state index in [1.807, 2.05) is 0 Å². The molecule has 5 aromatic rings. The van der Waals surface area contributed by atoms with Crippen LogP contribution in [0.5, 0.6) is 0 Å². The van der Waals surface area contributed by atoms with Crippen LogP contribution in [0.15, 0.2) is 48.7 Å². The summed E-state index contributed by atoms with van der Waals surface area (Å²) in [6, 6.07) is 4.27. The predicted octanol–water partition coefficient (Wildman–Crippen LogP) is 5.52. The monoisotopic (exact) mass is 765 g/mol. The number of hydrogen-bond acceptors (Lipinski definition) is 8. The van der Waals surface area contributed by atoms with Gasteiger partial charge < -0.3 is 11.1 Å². The first-order chi connectivity index (χ1) is 24.4. The molecule has 4 N–H and O–H groups in total. The highest BCUT2D eigenvalue weighted by Crippen LogP contribution is 2.71. The molecule has 3 heterocycles. The van der Waals surface area contributed by atoms with Gasteiger partial charge in [-0.05, 0) is 36.2 Å². The summed E-state index contributed by atoms with van der Waals surface area (Å²) in [4.78, 5) is 22.5. The number of anilines is 2. The number of halogens is 7. The fraction of sp³-hybridized carbons (Fsp3) is 0.281. The Labute approximate surface area is 295 Å². The number of fused-ring (bicyclic) bond motifs is 4. The summed E-state index contributed by atoms with van der Waals surface area (Å²) in [7, 11) is -2.32. The molecule has 12 nitrogen and oxygen atoms in total. The van der Waals surface area contributed by atoms with Gasteiger partial charge in [0, 0.05) is 30.2 Å². The molecule has 0 bridgehead atoms. The average Bonchev–Trinajstić information content (AvgIpc) is 3.26. The van der Waals surface area contributed by atoms with Crippen molar-refractivity contribution in [3.05, 3.63) is 93.5 Å². The number of amides is 1. The molecule has 7 rings (SSSR count). The minimum absolute atomic E-state index is 0.00264. The van der Waals surface area contributed by atoms with Gasteiger partial charge in [0.1, 0.15) is 35.4 Å². The second kappa shape index (κ2) is 12.2. The summed E-state index contributed by atoms with van der Waals surface area (Å²) < 4.78 is 116. The molecule has 1 saturated carbocycles.